The van der Waals surface area contributed by atoms with Crippen LogP contribution in [0.2, 0.25) is 0 Å². The van der Waals surface area contributed by atoms with Crippen molar-refractivity contribution in [3.05, 3.63) is 35.8 Å². The minimum Gasteiger partial charge on any atom is -0.458 e. The predicted molar refractivity (Wildman–Crippen MR) is 76.8 cm³/mol. The first-order valence-electron chi connectivity index (χ1n) is 6.76. The summed E-state index contributed by atoms with van der Waals surface area (Å²) in [6.07, 6.45) is 1.79. The molecule has 104 valence electrons. The summed E-state index contributed by atoms with van der Waals surface area (Å²) in [4.78, 5) is 0. The number of para-hydroxylation sites is 1. The summed E-state index contributed by atoms with van der Waals surface area (Å²) in [6.45, 7) is 6.64. The largest absolute Gasteiger partial charge is 0.458 e. The van der Waals surface area contributed by atoms with Crippen molar-refractivity contribution in [3.63, 3.8) is 0 Å². The van der Waals surface area contributed by atoms with Crippen molar-refractivity contribution in [2.75, 3.05) is 7.05 Å². The van der Waals surface area contributed by atoms with Gasteiger partial charge in [-0.3, -0.25) is 0 Å². The molecule has 0 radical (unpaired) electrons. The van der Waals surface area contributed by atoms with Gasteiger partial charge in [-0.25, -0.2) is 4.39 Å². The second-order valence-electron chi connectivity index (χ2n) is 6.12. The number of hydrogen-bond acceptors (Lipinski definition) is 2. The highest BCUT2D eigenvalue weighted by Crippen LogP contribution is 2.26. The lowest BCUT2D eigenvalue weighted by Crippen LogP contribution is -2.38. The van der Waals surface area contributed by atoms with Gasteiger partial charge in [0.15, 0.2) is 11.4 Å². The molecule has 0 aliphatic carbocycles. The van der Waals surface area contributed by atoms with Crippen LogP contribution < -0.4 is 5.32 Å². The van der Waals surface area contributed by atoms with Crippen molar-refractivity contribution in [2.24, 2.45) is 5.41 Å². The van der Waals surface area contributed by atoms with Crippen molar-refractivity contribution in [1.82, 2.24) is 5.32 Å². The summed E-state index contributed by atoms with van der Waals surface area (Å²) in [5.74, 6) is 0.564. The molecule has 2 rings (SSSR count). The lowest BCUT2D eigenvalue weighted by Gasteiger charge is -2.30. The van der Waals surface area contributed by atoms with Gasteiger partial charge in [-0.2, -0.15) is 0 Å². The van der Waals surface area contributed by atoms with Crippen LogP contribution in [0.4, 0.5) is 4.39 Å². The third kappa shape index (κ3) is 3.16. The summed E-state index contributed by atoms with van der Waals surface area (Å²) >= 11 is 0. The molecule has 1 atom stereocenters. The van der Waals surface area contributed by atoms with E-state index in [1.165, 1.54) is 6.07 Å². The number of benzene rings is 1. The average Bonchev–Trinajstić information content (AvgIpc) is 2.72. The number of furan rings is 1. The van der Waals surface area contributed by atoms with Gasteiger partial charge in [0, 0.05) is 17.8 Å². The van der Waals surface area contributed by atoms with Gasteiger partial charge in [-0.15, -0.1) is 0 Å². The highest BCUT2D eigenvalue weighted by molar-refractivity contribution is 5.78. The highest BCUT2D eigenvalue weighted by Gasteiger charge is 2.23. The van der Waals surface area contributed by atoms with Crippen LogP contribution in [0.5, 0.6) is 0 Å². The third-order valence-electron chi connectivity index (χ3n) is 3.62. The molecule has 1 aromatic carbocycles. The number of aryl methyl sites for hydroxylation is 1. The molecule has 1 N–H and O–H groups in total. The van der Waals surface area contributed by atoms with E-state index in [2.05, 4.69) is 26.1 Å². The zero-order chi connectivity index (χ0) is 14.0. The maximum absolute atomic E-state index is 13.5. The molecule has 0 aliphatic rings. The van der Waals surface area contributed by atoms with Gasteiger partial charge in [0.05, 0.1) is 0 Å². The Hall–Kier alpha value is -1.35. The topological polar surface area (TPSA) is 25.2 Å². The molecular formula is C16H22FNO. The van der Waals surface area contributed by atoms with Crippen LogP contribution in [0.3, 0.4) is 0 Å². The number of nitrogens with one attached hydrogen (secondary N) is 1. The third-order valence-corrected chi connectivity index (χ3v) is 3.62. The van der Waals surface area contributed by atoms with Crippen LogP contribution >= 0.6 is 0 Å². The lowest BCUT2D eigenvalue weighted by molar-refractivity contribution is 0.264. The van der Waals surface area contributed by atoms with Crippen LogP contribution in [0.1, 0.15) is 33.0 Å². The Morgan fingerprint density at radius 1 is 1.32 bits per heavy atom. The van der Waals surface area contributed by atoms with E-state index in [1.807, 2.05) is 19.2 Å². The van der Waals surface area contributed by atoms with Crippen LogP contribution in [0.15, 0.2) is 28.7 Å². The normalized spacial score (nSPS) is 13.9. The molecule has 1 unspecified atom stereocenters. The van der Waals surface area contributed by atoms with E-state index >= 15 is 0 Å². The zero-order valence-electron chi connectivity index (χ0n) is 12.1. The molecule has 0 amide bonds. The van der Waals surface area contributed by atoms with Gasteiger partial charge in [0.25, 0.3) is 0 Å². The fraction of sp³-hybridized carbons (Fsp3) is 0.500. The second kappa shape index (κ2) is 5.33. The first kappa shape index (κ1) is 14.1. The van der Waals surface area contributed by atoms with E-state index in [9.17, 15) is 4.39 Å². The first-order chi connectivity index (χ1) is 8.91. The molecule has 0 bridgehead atoms. The van der Waals surface area contributed by atoms with Gasteiger partial charge in [-0.05, 0) is 31.0 Å². The number of fused-ring (bicyclic) bond motifs is 1. The SMILES string of the molecule is CNC(CCc1cc2cccc(F)c2o1)C(C)(C)C. The monoisotopic (exact) mass is 263 g/mol. The van der Waals surface area contributed by atoms with Gasteiger partial charge in [-0.1, -0.05) is 32.9 Å². The zero-order valence-corrected chi connectivity index (χ0v) is 12.1. The minimum atomic E-state index is -0.287. The van der Waals surface area contributed by atoms with Crippen LogP contribution in [0.25, 0.3) is 11.0 Å². The van der Waals surface area contributed by atoms with Gasteiger partial charge < -0.3 is 9.73 Å². The maximum Gasteiger partial charge on any atom is 0.169 e. The van der Waals surface area contributed by atoms with Gasteiger partial charge in [0.1, 0.15) is 5.76 Å². The Bertz CT molecular complexity index is 553. The van der Waals surface area contributed by atoms with E-state index < -0.39 is 0 Å². The molecule has 0 aliphatic heterocycles. The maximum atomic E-state index is 13.5. The second-order valence-corrected chi connectivity index (χ2v) is 6.12. The van der Waals surface area contributed by atoms with Gasteiger partial charge in [0.2, 0.25) is 0 Å². The summed E-state index contributed by atoms with van der Waals surface area (Å²) < 4.78 is 19.2. The standard InChI is InChI=1S/C16H22FNO/c1-16(2,3)14(18-4)9-8-12-10-11-6-5-7-13(17)15(11)19-12/h5-7,10,14,18H,8-9H2,1-4H3. The first-order valence-corrected chi connectivity index (χ1v) is 6.76. The molecule has 0 fully saturated rings. The summed E-state index contributed by atoms with van der Waals surface area (Å²) in [7, 11) is 1.98. The number of rotatable bonds is 4. The van der Waals surface area contributed by atoms with Gasteiger partial charge >= 0.3 is 0 Å². The molecule has 0 spiro atoms. The molecule has 2 nitrogen and oxygen atoms in total. The average molecular weight is 263 g/mol. The number of hydrogen-bond donors (Lipinski definition) is 1. The highest BCUT2D eigenvalue weighted by atomic mass is 19.1. The Balaban J connectivity index is 2.12. The smallest absolute Gasteiger partial charge is 0.169 e. The van der Waals surface area contributed by atoms with Crippen molar-refractivity contribution >= 4 is 11.0 Å². The number of halogens is 1. The van der Waals surface area contributed by atoms with Crippen molar-refractivity contribution < 1.29 is 8.81 Å². The summed E-state index contributed by atoms with van der Waals surface area (Å²) in [5.41, 5.74) is 0.570. The molecule has 0 saturated heterocycles. The minimum absolute atomic E-state index is 0.200. The van der Waals surface area contributed by atoms with E-state index in [0.717, 1.165) is 24.0 Å². The molecule has 0 saturated carbocycles. The quantitative estimate of drug-likeness (QED) is 0.897. The Kier molecular flexibility index (Phi) is 3.95. The molecule has 2 aromatic rings. The fourth-order valence-electron chi connectivity index (χ4n) is 2.50. The Morgan fingerprint density at radius 2 is 2.05 bits per heavy atom. The van der Waals surface area contributed by atoms with Crippen LogP contribution in [-0.2, 0) is 6.42 Å². The molecular weight excluding hydrogens is 241 g/mol. The summed E-state index contributed by atoms with van der Waals surface area (Å²) in [6, 6.07) is 7.37. The molecule has 19 heavy (non-hydrogen) atoms. The van der Waals surface area contributed by atoms with Crippen molar-refractivity contribution in [3.8, 4) is 0 Å². The Morgan fingerprint density at radius 3 is 2.63 bits per heavy atom. The lowest BCUT2D eigenvalue weighted by atomic mass is 9.84. The van der Waals surface area contributed by atoms with E-state index in [0.29, 0.717) is 11.6 Å². The molecule has 3 heteroatoms. The molecule has 1 heterocycles. The summed E-state index contributed by atoms with van der Waals surface area (Å²) in [5, 5.41) is 4.18. The predicted octanol–water partition coefficient (Wildman–Crippen LogP) is 4.14. The van der Waals surface area contributed by atoms with Crippen LogP contribution in [0, 0.1) is 11.2 Å². The van der Waals surface area contributed by atoms with E-state index in [1.54, 1.807) is 6.07 Å². The van der Waals surface area contributed by atoms with Crippen molar-refractivity contribution in [1.29, 1.82) is 0 Å². The Labute approximate surface area is 114 Å². The van der Waals surface area contributed by atoms with E-state index in [-0.39, 0.29) is 11.2 Å². The van der Waals surface area contributed by atoms with E-state index in [4.69, 9.17) is 4.42 Å². The van der Waals surface area contributed by atoms with Crippen LogP contribution in [-0.4, -0.2) is 13.1 Å². The fourth-order valence-corrected chi connectivity index (χ4v) is 2.50. The van der Waals surface area contributed by atoms with Crippen molar-refractivity contribution in [2.45, 2.75) is 39.7 Å². The molecule has 1 aromatic heterocycles.